The molecule has 22 heavy (non-hydrogen) atoms. The Morgan fingerprint density at radius 2 is 2.14 bits per heavy atom. The lowest BCUT2D eigenvalue weighted by atomic mass is 10.1. The van der Waals surface area contributed by atoms with Crippen LogP contribution in [-0.2, 0) is 19.5 Å². The van der Waals surface area contributed by atoms with Crippen LogP contribution in [0.2, 0.25) is 0 Å². The molecule has 1 aliphatic heterocycles. The number of halogens is 2. The third-order valence-electron chi connectivity index (χ3n) is 3.62. The van der Waals surface area contributed by atoms with Crippen molar-refractivity contribution in [3.8, 4) is 5.88 Å². The highest BCUT2D eigenvalue weighted by Crippen LogP contribution is 2.25. The summed E-state index contributed by atoms with van der Waals surface area (Å²) in [6.45, 7) is 4.00. The number of hydrogen-bond donors (Lipinski definition) is 0. The van der Waals surface area contributed by atoms with Gasteiger partial charge >= 0.3 is 0 Å². The summed E-state index contributed by atoms with van der Waals surface area (Å²) in [4.78, 5) is 13.8. The van der Waals surface area contributed by atoms with Gasteiger partial charge in [0, 0.05) is 43.2 Å². The lowest BCUT2D eigenvalue weighted by Crippen LogP contribution is -2.31. The molecule has 0 saturated carbocycles. The van der Waals surface area contributed by atoms with Crippen LogP contribution in [-0.4, -0.2) is 33.0 Å². The Hall–Kier alpha value is -2.15. The van der Waals surface area contributed by atoms with Gasteiger partial charge in [0.1, 0.15) is 12.1 Å². The van der Waals surface area contributed by atoms with E-state index < -0.39 is 11.8 Å². The van der Waals surface area contributed by atoms with Gasteiger partial charge in [0.05, 0.1) is 18.5 Å². The SMILES string of the molecule is CCOc1ncnc2c1CN(Cc1cc(F)ncc1F)CC2. The third kappa shape index (κ3) is 3.04. The Morgan fingerprint density at radius 1 is 1.27 bits per heavy atom. The van der Waals surface area contributed by atoms with Gasteiger partial charge in [-0.1, -0.05) is 0 Å². The van der Waals surface area contributed by atoms with Crippen molar-refractivity contribution in [2.45, 2.75) is 26.4 Å². The summed E-state index contributed by atoms with van der Waals surface area (Å²) in [6, 6.07) is 1.13. The van der Waals surface area contributed by atoms with E-state index in [1.807, 2.05) is 11.8 Å². The monoisotopic (exact) mass is 306 g/mol. The number of fused-ring (bicyclic) bond motifs is 1. The number of hydrogen-bond acceptors (Lipinski definition) is 5. The molecule has 0 atom stereocenters. The molecule has 0 N–H and O–H groups in total. The summed E-state index contributed by atoms with van der Waals surface area (Å²) in [5.74, 6) is -0.604. The molecule has 0 bridgehead atoms. The summed E-state index contributed by atoms with van der Waals surface area (Å²) < 4.78 is 32.4. The van der Waals surface area contributed by atoms with Crippen molar-refractivity contribution in [1.29, 1.82) is 0 Å². The normalized spacial score (nSPS) is 14.7. The van der Waals surface area contributed by atoms with Crippen LogP contribution in [0.4, 0.5) is 8.78 Å². The zero-order chi connectivity index (χ0) is 15.5. The zero-order valence-electron chi connectivity index (χ0n) is 12.2. The average Bonchev–Trinajstić information content (AvgIpc) is 2.52. The van der Waals surface area contributed by atoms with E-state index in [0.29, 0.717) is 31.1 Å². The highest BCUT2D eigenvalue weighted by Gasteiger charge is 2.22. The number of nitrogens with zero attached hydrogens (tertiary/aromatic N) is 4. The Labute approximate surface area is 127 Å². The maximum absolute atomic E-state index is 13.7. The molecule has 116 valence electrons. The predicted octanol–water partition coefficient (Wildman–Crippen LogP) is 2.11. The molecule has 0 aliphatic carbocycles. The van der Waals surface area contributed by atoms with E-state index >= 15 is 0 Å². The summed E-state index contributed by atoms with van der Waals surface area (Å²) in [6.07, 6.45) is 3.14. The summed E-state index contributed by atoms with van der Waals surface area (Å²) in [7, 11) is 0. The predicted molar refractivity (Wildman–Crippen MR) is 75.2 cm³/mol. The molecule has 0 fully saturated rings. The van der Waals surface area contributed by atoms with Crippen molar-refractivity contribution in [2.24, 2.45) is 0 Å². The molecule has 0 unspecified atom stereocenters. The van der Waals surface area contributed by atoms with E-state index in [1.54, 1.807) is 0 Å². The van der Waals surface area contributed by atoms with Gasteiger partial charge in [0.25, 0.3) is 0 Å². The van der Waals surface area contributed by atoms with Gasteiger partial charge in [-0.05, 0) is 6.92 Å². The molecule has 0 spiro atoms. The van der Waals surface area contributed by atoms with Gasteiger partial charge in [-0.2, -0.15) is 4.39 Å². The molecule has 2 aromatic rings. The van der Waals surface area contributed by atoms with Crippen LogP contribution in [0, 0.1) is 11.8 Å². The Morgan fingerprint density at radius 3 is 2.95 bits per heavy atom. The quantitative estimate of drug-likeness (QED) is 0.810. The molecule has 3 rings (SSSR count). The molecule has 2 aromatic heterocycles. The molecular formula is C15H16F2N4O. The minimum Gasteiger partial charge on any atom is -0.478 e. The van der Waals surface area contributed by atoms with Gasteiger partial charge in [-0.15, -0.1) is 0 Å². The first-order valence-electron chi connectivity index (χ1n) is 7.15. The number of rotatable bonds is 4. The Kier molecular flexibility index (Phi) is 4.24. The smallest absolute Gasteiger partial charge is 0.221 e. The van der Waals surface area contributed by atoms with Gasteiger partial charge < -0.3 is 4.74 Å². The minimum absolute atomic E-state index is 0.297. The number of ether oxygens (including phenoxy) is 1. The Balaban J connectivity index is 1.80. The van der Waals surface area contributed by atoms with E-state index in [2.05, 4.69) is 15.0 Å². The number of pyridine rings is 1. The second-order valence-electron chi connectivity index (χ2n) is 5.10. The molecule has 3 heterocycles. The van der Waals surface area contributed by atoms with E-state index in [0.717, 1.165) is 36.5 Å². The van der Waals surface area contributed by atoms with Crippen LogP contribution < -0.4 is 4.74 Å². The molecule has 0 saturated heterocycles. The standard InChI is InChI=1S/C15H16F2N4O/c1-2-22-15-11-8-21(4-3-13(11)19-9-20-15)7-10-5-14(17)18-6-12(10)16/h5-6,9H,2-4,7-8H2,1H3. The fourth-order valence-corrected chi connectivity index (χ4v) is 2.58. The van der Waals surface area contributed by atoms with Crippen molar-refractivity contribution in [3.05, 3.63) is 47.2 Å². The first kappa shape index (κ1) is 14.8. The van der Waals surface area contributed by atoms with Crippen molar-refractivity contribution in [1.82, 2.24) is 19.9 Å². The first-order valence-corrected chi connectivity index (χ1v) is 7.15. The van der Waals surface area contributed by atoms with E-state index in [4.69, 9.17) is 4.74 Å². The van der Waals surface area contributed by atoms with Crippen LogP contribution in [0.1, 0.15) is 23.7 Å². The molecule has 5 nitrogen and oxygen atoms in total. The van der Waals surface area contributed by atoms with Gasteiger partial charge in [-0.25, -0.2) is 19.3 Å². The van der Waals surface area contributed by atoms with Crippen molar-refractivity contribution < 1.29 is 13.5 Å². The van der Waals surface area contributed by atoms with Crippen LogP contribution in [0.3, 0.4) is 0 Å². The zero-order valence-corrected chi connectivity index (χ0v) is 12.2. The van der Waals surface area contributed by atoms with Gasteiger partial charge in [-0.3, -0.25) is 4.90 Å². The molecule has 0 aromatic carbocycles. The maximum atomic E-state index is 13.7. The van der Waals surface area contributed by atoms with Crippen molar-refractivity contribution in [2.75, 3.05) is 13.2 Å². The minimum atomic E-state index is -0.674. The van der Waals surface area contributed by atoms with Gasteiger partial charge in [0.15, 0.2) is 0 Å². The van der Waals surface area contributed by atoms with Gasteiger partial charge in [0.2, 0.25) is 11.8 Å². The molecule has 0 amide bonds. The van der Waals surface area contributed by atoms with Crippen molar-refractivity contribution in [3.63, 3.8) is 0 Å². The third-order valence-corrected chi connectivity index (χ3v) is 3.62. The van der Waals surface area contributed by atoms with Crippen LogP contribution in [0.25, 0.3) is 0 Å². The summed E-state index contributed by atoms with van der Waals surface area (Å²) in [5, 5.41) is 0. The topological polar surface area (TPSA) is 51.1 Å². The first-order chi connectivity index (χ1) is 10.7. The molecule has 0 radical (unpaired) electrons. The highest BCUT2D eigenvalue weighted by molar-refractivity contribution is 5.32. The van der Waals surface area contributed by atoms with Crippen LogP contribution >= 0.6 is 0 Å². The van der Waals surface area contributed by atoms with E-state index in [-0.39, 0.29) is 0 Å². The molecule has 1 aliphatic rings. The fraction of sp³-hybridized carbons (Fsp3) is 0.400. The number of aromatic nitrogens is 3. The lowest BCUT2D eigenvalue weighted by molar-refractivity contribution is 0.228. The Bertz CT molecular complexity index is 681. The molecule has 7 heteroatoms. The van der Waals surface area contributed by atoms with Crippen LogP contribution in [0.15, 0.2) is 18.6 Å². The largest absolute Gasteiger partial charge is 0.478 e. The second kappa shape index (κ2) is 6.31. The highest BCUT2D eigenvalue weighted by atomic mass is 19.1. The lowest BCUT2D eigenvalue weighted by Gasteiger charge is -2.28. The van der Waals surface area contributed by atoms with Crippen LogP contribution in [0.5, 0.6) is 5.88 Å². The van der Waals surface area contributed by atoms with E-state index in [1.165, 1.54) is 6.33 Å². The summed E-state index contributed by atoms with van der Waals surface area (Å²) in [5.41, 5.74) is 2.17. The second-order valence-corrected chi connectivity index (χ2v) is 5.10. The maximum Gasteiger partial charge on any atom is 0.221 e. The van der Waals surface area contributed by atoms with Crippen molar-refractivity contribution >= 4 is 0 Å². The molecular weight excluding hydrogens is 290 g/mol. The fourth-order valence-electron chi connectivity index (χ4n) is 2.58. The summed E-state index contributed by atoms with van der Waals surface area (Å²) >= 11 is 0. The average molecular weight is 306 g/mol. The van der Waals surface area contributed by atoms with E-state index in [9.17, 15) is 8.78 Å².